The zero-order chi connectivity index (χ0) is 13.8. The van der Waals surface area contributed by atoms with E-state index < -0.39 is 10.0 Å². The van der Waals surface area contributed by atoms with E-state index in [1.165, 1.54) is 23.1 Å². The first kappa shape index (κ1) is 14.4. The molecule has 0 fully saturated rings. The molecule has 0 spiro atoms. The number of hydrogen-bond donors (Lipinski definition) is 1. The van der Waals surface area contributed by atoms with E-state index in [4.69, 9.17) is 5.14 Å². The van der Waals surface area contributed by atoms with Crippen LogP contribution in [0.25, 0.3) is 0 Å². The van der Waals surface area contributed by atoms with Crippen LogP contribution in [0.2, 0.25) is 0 Å². The number of nitrogens with two attached hydrogens (primary N) is 1. The van der Waals surface area contributed by atoms with Crippen LogP contribution in [-0.4, -0.2) is 32.3 Å². The van der Waals surface area contributed by atoms with E-state index in [0.717, 1.165) is 0 Å². The van der Waals surface area contributed by atoms with Crippen molar-refractivity contribution in [1.29, 1.82) is 0 Å². The minimum atomic E-state index is -3.91. The van der Waals surface area contributed by atoms with Crippen molar-refractivity contribution >= 4 is 15.9 Å². The molecule has 1 aromatic rings. The highest BCUT2D eigenvalue weighted by Crippen LogP contribution is 2.16. The molecule has 0 radical (unpaired) electrons. The molecule has 2 N–H and O–H groups in total. The van der Waals surface area contributed by atoms with E-state index >= 15 is 0 Å². The van der Waals surface area contributed by atoms with Gasteiger partial charge in [0.25, 0.3) is 5.91 Å². The van der Waals surface area contributed by atoms with Gasteiger partial charge in [-0.2, -0.15) is 0 Å². The fraction of sp³-hybridized carbons (Fsp3) is 0.250. The molecule has 98 valence electrons. The SMILES string of the molecule is C=CCN(CC)C(=O)c1ccccc1S(N)(=O)=O. The van der Waals surface area contributed by atoms with Gasteiger partial charge in [0.05, 0.1) is 10.5 Å². The lowest BCUT2D eigenvalue weighted by atomic mass is 10.2. The first-order valence-corrected chi connectivity index (χ1v) is 6.98. The zero-order valence-corrected chi connectivity index (χ0v) is 11.0. The van der Waals surface area contributed by atoms with Crippen molar-refractivity contribution in [1.82, 2.24) is 4.90 Å². The quantitative estimate of drug-likeness (QED) is 0.808. The summed E-state index contributed by atoms with van der Waals surface area (Å²) in [7, 11) is -3.91. The highest BCUT2D eigenvalue weighted by molar-refractivity contribution is 7.89. The molecule has 0 aliphatic carbocycles. The van der Waals surface area contributed by atoms with Crippen LogP contribution in [0.3, 0.4) is 0 Å². The number of amides is 1. The highest BCUT2D eigenvalue weighted by atomic mass is 32.2. The Labute approximate surface area is 107 Å². The first-order valence-electron chi connectivity index (χ1n) is 5.43. The molecule has 0 aliphatic rings. The summed E-state index contributed by atoms with van der Waals surface area (Å²) in [6.07, 6.45) is 1.58. The Hall–Kier alpha value is -1.66. The summed E-state index contributed by atoms with van der Waals surface area (Å²) in [5, 5.41) is 5.09. The minimum Gasteiger partial charge on any atom is -0.335 e. The van der Waals surface area contributed by atoms with Gasteiger partial charge in [-0.05, 0) is 19.1 Å². The average Bonchev–Trinajstić information content (AvgIpc) is 2.34. The van der Waals surface area contributed by atoms with Gasteiger partial charge in [0.2, 0.25) is 10.0 Å². The normalized spacial score (nSPS) is 11.0. The van der Waals surface area contributed by atoms with Crippen molar-refractivity contribution in [3.05, 3.63) is 42.5 Å². The molecule has 0 saturated heterocycles. The number of nitrogens with zero attached hydrogens (tertiary/aromatic N) is 1. The molecule has 5 nitrogen and oxygen atoms in total. The van der Waals surface area contributed by atoms with Crippen LogP contribution in [0.5, 0.6) is 0 Å². The summed E-state index contributed by atoms with van der Waals surface area (Å²) in [5.74, 6) is -0.373. The second-order valence-corrected chi connectivity index (χ2v) is 5.20. The molecule has 6 heteroatoms. The number of carbonyl (C=O) groups is 1. The Morgan fingerprint density at radius 2 is 2.06 bits per heavy atom. The van der Waals surface area contributed by atoms with Crippen molar-refractivity contribution in [3.8, 4) is 0 Å². The molecule has 18 heavy (non-hydrogen) atoms. The Balaban J connectivity index is 3.25. The molecule has 0 bridgehead atoms. The maximum atomic E-state index is 12.2. The Morgan fingerprint density at radius 1 is 1.44 bits per heavy atom. The standard InChI is InChI=1S/C12H16N2O3S/c1-3-9-14(4-2)12(15)10-7-5-6-8-11(10)18(13,16)17/h3,5-8H,1,4,9H2,2H3,(H2,13,16,17). The Bertz CT molecular complexity index is 552. The fourth-order valence-corrected chi connectivity index (χ4v) is 2.30. The molecular weight excluding hydrogens is 252 g/mol. The van der Waals surface area contributed by atoms with Crippen molar-refractivity contribution < 1.29 is 13.2 Å². The summed E-state index contributed by atoms with van der Waals surface area (Å²) in [6.45, 7) is 6.18. The van der Waals surface area contributed by atoms with Gasteiger partial charge in [0.15, 0.2) is 0 Å². The van der Waals surface area contributed by atoms with Gasteiger partial charge < -0.3 is 4.90 Å². The van der Waals surface area contributed by atoms with E-state index in [1.807, 2.05) is 0 Å². The molecule has 0 heterocycles. The monoisotopic (exact) mass is 268 g/mol. The van der Waals surface area contributed by atoms with Gasteiger partial charge in [-0.1, -0.05) is 18.2 Å². The topological polar surface area (TPSA) is 80.5 Å². The summed E-state index contributed by atoms with van der Waals surface area (Å²) in [6, 6.07) is 5.90. The van der Waals surface area contributed by atoms with E-state index in [0.29, 0.717) is 13.1 Å². The number of benzene rings is 1. The van der Waals surface area contributed by atoms with Crippen LogP contribution in [0.4, 0.5) is 0 Å². The molecule has 0 aliphatic heterocycles. The third-order valence-electron chi connectivity index (χ3n) is 2.44. The van der Waals surface area contributed by atoms with Gasteiger partial charge in [-0.3, -0.25) is 4.79 Å². The lowest BCUT2D eigenvalue weighted by molar-refractivity contribution is 0.0778. The minimum absolute atomic E-state index is 0.0868. The fourth-order valence-electron chi connectivity index (χ4n) is 1.57. The molecule has 0 saturated carbocycles. The lowest BCUT2D eigenvalue weighted by Crippen LogP contribution is -2.32. The van der Waals surface area contributed by atoms with Crippen LogP contribution >= 0.6 is 0 Å². The third-order valence-corrected chi connectivity index (χ3v) is 3.41. The number of rotatable bonds is 5. The predicted molar refractivity (Wildman–Crippen MR) is 69.6 cm³/mol. The first-order chi connectivity index (χ1) is 8.41. The second-order valence-electron chi connectivity index (χ2n) is 3.67. The summed E-state index contributed by atoms with van der Waals surface area (Å²) < 4.78 is 22.8. The number of sulfonamides is 1. The average molecular weight is 268 g/mol. The molecule has 1 rings (SSSR count). The molecule has 0 unspecified atom stereocenters. The van der Waals surface area contributed by atoms with Crippen molar-refractivity contribution in [2.75, 3.05) is 13.1 Å². The molecule has 1 aromatic carbocycles. The number of hydrogen-bond acceptors (Lipinski definition) is 3. The zero-order valence-electron chi connectivity index (χ0n) is 10.2. The van der Waals surface area contributed by atoms with Gasteiger partial charge in [-0.25, -0.2) is 13.6 Å². The number of carbonyl (C=O) groups excluding carboxylic acids is 1. The maximum Gasteiger partial charge on any atom is 0.255 e. The van der Waals surface area contributed by atoms with Gasteiger partial charge in [0, 0.05) is 13.1 Å². The predicted octanol–water partition coefficient (Wildman–Crippen LogP) is 0.982. The van der Waals surface area contributed by atoms with Crippen LogP contribution in [0, 0.1) is 0 Å². The third kappa shape index (κ3) is 3.18. The van der Waals surface area contributed by atoms with Crippen LogP contribution in [0.15, 0.2) is 41.8 Å². The second kappa shape index (κ2) is 5.79. The van der Waals surface area contributed by atoms with E-state index in [-0.39, 0.29) is 16.4 Å². The summed E-state index contributed by atoms with van der Waals surface area (Å²) in [5.41, 5.74) is 0.0868. The van der Waals surface area contributed by atoms with Gasteiger partial charge in [-0.15, -0.1) is 6.58 Å². The van der Waals surface area contributed by atoms with Gasteiger partial charge >= 0.3 is 0 Å². The molecular formula is C12H16N2O3S. The van der Waals surface area contributed by atoms with Crippen LogP contribution < -0.4 is 5.14 Å². The van der Waals surface area contributed by atoms with Crippen molar-refractivity contribution in [2.45, 2.75) is 11.8 Å². The van der Waals surface area contributed by atoms with E-state index in [1.54, 1.807) is 19.1 Å². The van der Waals surface area contributed by atoms with Crippen LogP contribution in [-0.2, 0) is 10.0 Å². The smallest absolute Gasteiger partial charge is 0.255 e. The van der Waals surface area contributed by atoms with Crippen LogP contribution in [0.1, 0.15) is 17.3 Å². The number of likely N-dealkylation sites (N-methyl/N-ethyl adjacent to an activating group) is 1. The van der Waals surface area contributed by atoms with E-state index in [2.05, 4.69) is 6.58 Å². The number of primary sulfonamides is 1. The Morgan fingerprint density at radius 3 is 2.56 bits per heavy atom. The van der Waals surface area contributed by atoms with Crippen molar-refractivity contribution in [3.63, 3.8) is 0 Å². The molecule has 0 atom stereocenters. The van der Waals surface area contributed by atoms with Crippen molar-refractivity contribution in [2.24, 2.45) is 5.14 Å². The largest absolute Gasteiger partial charge is 0.335 e. The highest BCUT2D eigenvalue weighted by Gasteiger charge is 2.21. The van der Waals surface area contributed by atoms with E-state index in [9.17, 15) is 13.2 Å². The molecule has 1 amide bonds. The maximum absolute atomic E-state index is 12.2. The van der Waals surface area contributed by atoms with Gasteiger partial charge in [0.1, 0.15) is 0 Å². The Kier molecular flexibility index (Phi) is 4.63. The lowest BCUT2D eigenvalue weighted by Gasteiger charge is -2.20. The molecule has 0 aromatic heterocycles. The summed E-state index contributed by atoms with van der Waals surface area (Å²) >= 11 is 0. The summed E-state index contributed by atoms with van der Waals surface area (Å²) in [4.78, 5) is 13.5.